The predicted molar refractivity (Wildman–Crippen MR) is 56.6 cm³/mol. The zero-order chi connectivity index (χ0) is 11.1. The Hall–Kier alpha value is -1.17. The molecule has 2 aromatic rings. The summed E-state index contributed by atoms with van der Waals surface area (Å²) in [7, 11) is -4.23. The Balaban J connectivity index is 2.89. The molecule has 0 aliphatic carbocycles. The predicted octanol–water partition coefficient (Wildman–Crippen LogP) is 2.13. The Kier molecular flexibility index (Phi) is 2.38. The second-order valence-electron chi connectivity index (χ2n) is 2.95. The molecule has 1 aromatic carbocycles. The maximum atomic E-state index is 11.0. The number of halogens is 1. The van der Waals surface area contributed by atoms with Gasteiger partial charge in [0.2, 0.25) is 0 Å². The van der Waals surface area contributed by atoms with Crippen LogP contribution in [0.3, 0.4) is 0 Å². The van der Waals surface area contributed by atoms with Crippen molar-refractivity contribution in [1.29, 1.82) is 0 Å². The summed E-state index contributed by atoms with van der Waals surface area (Å²) in [6.07, 6.45) is 1.31. The average molecular weight is 244 g/mol. The normalized spacial score (nSPS) is 11.9. The van der Waals surface area contributed by atoms with Crippen LogP contribution in [0.4, 0.5) is 0 Å². The second kappa shape index (κ2) is 3.44. The van der Waals surface area contributed by atoms with Crippen LogP contribution in [0, 0.1) is 0 Å². The van der Waals surface area contributed by atoms with Crippen LogP contribution in [-0.4, -0.2) is 18.0 Å². The summed E-state index contributed by atoms with van der Waals surface area (Å²) in [5.41, 5.74) is 0.428. The molecule has 0 spiro atoms. The minimum absolute atomic E-state index is 0.163. The molecule has 4 nitrogen and oxygen atoms in total. The number of hydrogen-bond donors (Lipinski definition) is 1. The van der Waals surface area contributed by atoms with Crippen LogP contribution in [0.2, 0.25) is 5.02 Å². The molecule has 78 valence electrons. The van der Waals surface area contributed by atoms with Crippen LogP contribution in [0.15, 0.2) is 35.4 Å². The lowest BCUT2D eigenvalue weighted by atomic mass is 10.2. The SMILES string of the molecule is O=S(=O)(O)c1ccnc2cc(Cl)ccc12. The van der Waals surface area contributed by atoms with Crippen LogP contribution in [0.1, 0.15) is 0 Å². The summed E-state index contributed by atoms with van der Waals surface area (Å²) < 4.78 is 31.0. The van der Waals surface area contributed by atoms with Crippen molar-refractivity contribution in [2.75, 3.05) is 0 Å². The van der Waals surface area contributed by atoms with Crippen LogP contribution in [0.25, 0.3) is 10.9 Å². The van der Waals surface area contributed by atoms with E-state index in [4.69, 9.17) is 16.2 Å². The highest BCUT2D eigenvalue weighted by molar-refractivity contribution is 7.86. The van der Waals surface area contributed by atoms with Crippen molar-refractivity contribution < 1.29 is 13.0 Å². The molecule has 0 atom stereocenters. The third kappa shape index (κ3) is 1.94. The first kappa shape index (κ1) is 10.4. The quantitative estimate of drug-likeness (QED) is 0.780. The summed E-state index contributed by atoms with van der Waals surface area (Å²) in [5, 5.41) is 0.812. The van der Waals surface area contributed by atoms with Crippen molar-refractivity contribution in [2.24, 2.45) is 0 Å². The molecule has 0 fully saturated rings. The first-order valence-electron chi connectivity index (χ1n) is 4.00. The van der Waals surface area contributed by atoms with Gasteiger partial charge in [0.1, 0.15) is 4.90 Å². The summed E-state index contributed by atoms with van der Waals surface area (Å²) in [4.78, 5) is 3.79. The van der Waals surface area contributed by atoms with Crippen molar-refractivity contribution in [2.45, 2.75) is 4.90 Å². The molecule has 0 saturated carbocycles. The van der Waals surface area contributed by atoms with Crippen LogP contribution >= 0.6 is 11.6 Å². The highest BCUT2D eigenvalue weighted by Gasteiger charge is 2.13. The smallest absolute Gasteiger partial charge is 0.282 e. The summed E-state index contributed by atoms with van der Waals surface area (Å²) in [5.74, 6) is 0. The third-order valence-electron chi connectivity index (χ3n) is 1.94. The van der Waals surface area contributed by atoms with Crippen molar-refractivity contribution in [3.8, 4) is 0 Å². The molecule has 0 bridgehead atoms. The molecule has 0 radical (unpaired) electrons. The zero-order valence-electron chi connectivity index (χ0n) is 7.38. The molecule has 1 aromatic heterocycles. The fraction of sp³-hybridized carbons (Fsp3) is 0. The van der Waals surface area contributed by atoms with Gasteiger partial charge in [-0.3, -0.25) is 9.54 Å². The summed E-state index contributed by atoms with van der Waals surface area (Å²) in [6, 6.07) is 5.82. The van der Waals surface area contributed by atoms with Crippen LogP contribution < -0.4 is 0 Å². The Morgan fingerprint density at radius 1 is 1.27 bits per heavy atom. The van der Waals surface area contributed by atoms with Gasteiger partial charge in [0.25, 0.3) is 10.1 Å². The monoisotopic (exact) mass is 243 g/mol. The molecule has 0 saturated heterocycles. The van der Waals surface area contributed by atoms with Crippen molar-refractivity contribution >= 4 is 32.6 Å². The highest BCUT2D eigenvalue weighted by atomic mass is 35.5. The number of nitrogens with zero attached hydrogens (tertiary/aromatic N) is 1. The fourth-order valence-corrected chi connectivity index (χ4v) is 2.17. The topological polar surface area (TPSA) is 67.3 Å². The molecule has 0 amide bonds. The largest absolute Gasteiger partial charge is 0.295 e. The Bertz CT molecular complexity index is 624. The number of rotatable bonds is 1. The molecule has 0 aliphatic rings. The van der Waals surface area contributed by atoms with E-state index in [1.807, 2.05) is 0 Å². The minimum Gasteiger partial charge on any atom is -0.282 e. The maximum Gasteiger partial charge on any atom is 0.295 e. The lowest BCUT2D eigenvalue weighted by Crippen LogP contribution is -1.99. The summed E-state index contributed by atoms with van der Waals surface area (Å²) in [6.45, 7) is 0. The molecule has 1 heterocycles. The third-order valence-corrected chi connectivity index (χ3v) is 3.09. The zero-order valence-corrected chi connectivity index (χ0v) is 8.96. The molecule has 6 heteroatoms. The molecule has 0 aliphatic heterocycles. The number of hydrogen-bond acceptors (Lipinski definition) is 3. The van der Waals surface area contributed by atoms with Gasteiger partial charge in [0, 0.05) is 16.6 Å². The second-order valence-corrected chi connectivity index (χ2v) is 4.77. The summed E-state index contributed by atoms with van der Waals surface area (Å²) >= 11 is 5.73. The van der Waals surface area contributed by atoms with Crippen molar-refractivity contribution in [3.63, 3.8) is 0 Å². The van der Waals surface area contributed by atoms with Gasteiger partial charge in [0.15, 0.2) is 0 Å². The molecule has 2 rings (SSSR count). The average Bonchev–Trinajstić information content (AvgIpc) is 2.15. The van der Waals surface area contributed by atoms with E-state index in [0.717, 1.165) is 0 Å². The van der Waals surface area contributed by atoms with E-state index < -0.39 is 10.1 Å². The van der Waals surface area contributed by atoms with Crippen LogP contribution in [0.5, 0.6) is 0 Å². The molecule has 15 heavy (non-hydrogen) atoms. The number of aromatic nitrogens is 1. The molecule has 0 unspecified atom stereocenters. The van der Waals surface area contributed by atoms with Crippen molar-refractivity contribution in [1.82, 2.24) is 4.98 Å². The van der Waals surface area contributed by atoms with E-state index in [0.29, 0.717) is 15.9 Å². The highest BCUT2D eigenvalue weighted by Crippen LogP contribution is 2.23. The van der Waals surface area contributed by atoms with E-state index in [1.54, 1.807) is 6.07 Å². The van der Waals surface area contributed by atoms with Gasteiger partial charge in [-0.2, -0.15) is 8.42 Å². The van der Waals surface area contributed by atoms with Gasteiger partial charge < -0.3 is 0 Å². The van der Waals surface area contributed by atoms with Gasteiger partial charge >= 0.3 is 0 Å². The number of benzene rings is 1. The Morgan fingerprint density at radius 2 is 2.00 bits per heavy atom. The molecule has 1 N–H and O–H groups in total. The van der Waals surface area contributed by atoms with E-state index in [9.17, 15) is 8.42 Å². The standard InChI is InChI=1S/C9H6ClNO3S/c10-6-1-2-7-8(5-6)11-4-3-9(7)15(12,13)14/h1-5H,(H,12,13,14). The number of fused-ring (bicyclic) bond motifs is 1. The van der Waals surface area contributed by atoms with Gasteiger partial charge in [-0.05, 0) is 24.3 Å². The fourth-order valence-electron chi connectivity index (χ4n) is 1.32. The first-order valence-corrected chi connectivity index (χ1v) is 5.82. The Labute approximate surface area is 91.3 Å². The van der Waals surface area contributed by atoms with Gasteiger partial charge in [0.05, 0.1) is 5.52 Å². The molecular weight excluding hydrogens is 238 g/mol. The minimum atomic E-state index is -4.23. The Morgan fingerprint density at radius 3 is 2.67 bits per heavy atom. The van der Waals surface area contributed by atoms with Gasteiger partial charge in [-0.15, -0.1) is 0 Å². The lowest BCUT2D eigenvalue weighted by molar-refractivity contribution is 0.484. The van der Waals surface area contributed by atoms with Gasteiger partial charge in [-0.1, -0.05) is 11.6 Å². The van der Waals surface area contributed by atoms with E-state index >= 15 is 0 Å². The number of pyridine rings is 1. The maximum absolute atomic E-state index is 11.0. The van der Waals surface area contributed by atoms with E-state index in [-0.39, 0.29) is 4.90 Å². The van der Waals surface area contributed by atoms with Crippen LogP contribution in [-0.2, 0) is 10.1 Å². The first-order chi connectivity index (χ1) is 6.98. The van der Waals surface area contributed by atoms with E-state index in [2.05, 4.69) is 4.98 Å². The van der Waals surface area contributed by atoms with E-state index in [1.165, 1.54) is 24.4 Å². The van der Waals surface area contributed by atoms with Crippen molar-refractivity contribution in [3.05, 3.63) is 35.5 Å². The lowest BCUT2D eigenvalue weighted by Gasteiger charge is -2.02. The van der Waals surface area contributed by atoms with Gasteiger partial charge in [-0.25, -0.2) is 0 Å². The molecular formula is C9H6ClNO3S.